The Morgan fingerprint density at radius 2 is 2.00 bits per heavy atom. The molecule has 1 saturated carbocycles. The van der Waals surface area contributed by atoms with Crippen LogP contribution in [0.1, 0.15) is 37.9 Å². The number of nitrogens with one attached hydrogen (secondary N) is 1. The number of rotatable bonds is 7. The van der Waals surface area contributed by atoms with Crippen LogP contribution in [0.3, 0.4) is 0 Å². The van der Waals surface area contributed by atoms with Gasteiger partial charge in [0, 0.05) is 18.8 Å². The second kappa shape index (κ2) is 8.39. The summed E-state index contributed by atoms with van der Waals surface area (Å²) in [6, 6.07) is 7.33. The molecule has 1 aromatic heterocycles. The predicted molar refractivity (Wildman–Crippen MR) is 106 cm³/mol. The average molecular weight is 393 g/mol. The number of carbonyl (C=O) groups excluding carboxylic acids is 1. The van der Waals surface area contributed by atoms with Gasteiger partial charge < -0.3 is 15.6 Å². The molecule has 2 aromatic rings. The number of nitrogens with two attached hydrogens (primary N) is 1. The molecule has 3 rings (SSSR count). The third kappa shape index (κ3) is 5.07. The Balaban J connectivity index is 1.80. The van der Waals surface area contributed by atoms with E-state index in [1.54, 1.807) is 4.57 Å². The molecule has 0 aliphatic heterocycles. The molecule has 0 spiro atoms. The van der Waals surface area contributed by atoms with E-state index in [-0.39, 0.29) is 24.2 Å². The Kier molecular flexibility index (Phi) is 6.16. The van der Waals surface area contributed by atoms with Gasteiger partial charge in [0.1, 0.15) is 18.1 Å². The van der Waals surface area contributed by atoms with Crippen molar-refractivity contribution in [3.63, 3.8) is 0 Å². The molecular formula is C19H28N4O3S. The first-order valence-electron chi connectivity index (χ1n) is 9.48. The molecule has 1 unspecified atom stereocenters. The normalized spacial score (nSPS) is 17.1. The van der Waals surface area contributed by atoms with Gasteiger partial charge in [-0.2, -0.15) is 0 Å². The fourth-order valence-electron chi connectivity index (χ4n) is 3.95. The van der Waals surface area contributed by atoms with Crippen LogP contribution in [0.15, 0.2) is 24.3 Å². The second-order valence-corrected chi connectivity index (χ2v) is 9.62. The van der Waals surface area contributed by atoms with Crippen molar-refractivity contribution < 1.29 is 13.2 Å². The predicted octanol–water partition coefficient (Wildman–Crippen LogP) is 1.60. The summed E-state index contributed by atoms with van der Waals surface area (Å²) in [5.74, 6) is 0.449. The number of aromatic nitrogens is 2. The van der Waals surface area contributed by atoms with Crippen LogP contribution in [-0.4, -0.2) is 42.7 Å². The highest BCUT2D eigenvalue weighted by molar-refractivity contribution is 7.89. The highest BCUT2D eigenvalue weighted by atomic mass is 32.2. The van der Waals surface area contributed by atoms with Gasteiger partial charge in [0.05, 0.1) is 11.0 Å². The third-order valence-electron chi connectivity index (χ3n) is 5.25. The fraction of sp³-hybridized carbons (Fsp3) is 0.579. The molecule has 0 radical (unpaired) electrons. The lowest BCUT2D eigenvalue weighted by molar-refractivity contribution is -0.122. The first kappa shape index (κ1) is 19.8. The SMILES string of the molecule is CS(=O)(=O)Cc1nc2ccccc2n1CC(=O)NC(CN)C1CCCCC1. The number of imidazole rings is 1. The van der Waals surface area contributed by atoms with Gasteiger partial charge in [0.25, 0.3) is 0 Å². The minimum absolute atomic E-state index is 0.0362. The van der Waals surface area contributed by atoms with Crippen LogP contribution in [0, 0.1) is 5.92 Å². The monoisotopic (exact) mass is 392 g/mol. The van der Waals surface area contributed by atoms with Crippen molar-refractivity contribution in [2.24, 2.45) is 11.7 Å². The second-order valence-electron chi connectivity index (χ2n) is 7.48. The molecule has 1 fully saturated rings. The van der Waals surface area contributed by atoms with E-state index in [9.17, 15) is 13.2 Å². The number of carbonyl (C=O) groups is 1. The van der Waals surface area contributed by atoms with Crippen LogP contribution >= 0.6 is 0 Å². The highest BCUT2D eigenvalue weighted by Gasteiger charge is 2.25. The number of hydrogen-bond donors (Lipinski definition) is 2. The van der Waals surface area contributed by atoms with Crippen molar-refractivity contribution >= 4 is 26.8 Å². The van der Waals surface area contributed by atoms with E-state index in [4.69, 9.17) is 5.73 Å². The number of para-hydroxylation sites is 2. The lowest BCUT2D eigenvalue weighted by atomic mass is 9.84. The van der Waals surface area contributed by atoms with E-state index in [0.29, 0.717) is 23.8 Å². The minimum Gasteiger partial charge on any atom is -0.350 e. The Bertz CT molecular complexity index is 901. The molecule has 0 bridgehead atoms. The first-order valence-corrected chi connectivity index (χ1v) is 11.5. The van der Waals surface area contributed by atoms with Crippen molar-refractivity contribution in [3.05, 3.63) is 30.1 Å². The van der Waals surface area contributed by atoms with Crippen LogP contribution in [0.5, 0.6) is 0 Å². The maximum atomic E-state index is 12.7. The quantitative estimate of drug-likeness (QED) is 0.744. The van der Waals surface area contributed by atoms with Crippen LogP contribution in [0.25, 0.3) is 11.0 Å². The molecule has 1 heterocycles. The summed E-state index contributed by atoms with van der Waals surface area (Å²) in [6.07, 6.45) is 6.97. The van der Waals surface area contributed by atoms with Gasteiger partial charge in [-0.15, -0.1) is 0 Å². The lowest BCUT2D eigenvalue weighted by Crippen LogP contribution is -2.47. The molecule has 1 aliphatic rings. The lowest BCUT2D eigenvalue weighted by Gasteiger charge is -2.30. The smallest absolute Gasteiger partial charge is 0.240 e. The molecule has 1 amide bonds. The third-order valence-corrected chi connectivity index (χ3v) is 6.03. The summed E-state index contributed by atoms with van der Waals surface area (Å²) >= 11 is 0. The molecule has 1 aliphatic carbocycles. The molecule has 3 N–H and O–H groups in total. The van der Waals surface area contributed by atoms with Gasteiger partial charge >= 0.3 is 0 Å². The standard InChI is InChI=1S/C19H28N4O3S/c1-27(25,26)13-18-21-15-9-5-6-10-17(15)23(18)12-19(24)22-16(11-20)14-7-3-2-4-8-14/h5-6,9-10,14,16H,2-4,7-8,11-13,20H2,1H3,(H,22,24). The van der Waals surface area contributed by atoms with Crippen molar-refractivity contribution in [2.75, 3.05) is 12.8 Å². The summed E-state index contributed by atoms with van der Waals surface area (Å²) < 4.78 is 25.2. The molecule has 1 aromatic carbocycles. The first-order chi connectivity index (χ1) is 12.9. The van der Waals surface area contributed by atoms with Gasteiger partial charge in [-0.3, -0.25) is 4.79 Å². The van der Waals surface area contributed by atoms with E-state index in [1.807, 2.05) is 24.3 Å². The molecule has 0 saturated heterocycles. The van der Waals surface area contributed by atoms with E-state index < -0.39 is 9.84 Å². The number of nitrogens with zero attached hydrogens (tertiary/aromatic N) is 2. The zero-order valence-electron chi connectivity index (χ0n) is 15.7. The van der Waals surface area contributed by atoms with Crippen molar-refractivity contribution in [2.45, 2.75) is 50.4 Å². The summed E-state index contributed by atoms with van der Waals surface area (Å²) in [6.45, 7) is 0.450. The number of benzene rings is 1. The maximum Gasteiger partial charge on any atom is 0.240 e. The average Bonchev–Trinajstić information content (AvgIpc) is 2.96. The van der Waals surface area contributed by atoms with E-state index in [1.165, 1.54) is 25.5 Å². The highest BCUT2D eigenvalue weighted by Crippen LogP contribution is 2.26. The molecule has 8 heteroatoms. The van der Waals surface area contributed by atoms with Crippen molar-refractivity contribution in [3.8, 4) is 0 Å². The molecule has 27 heavy (non-hydrogen) atoms. The van der Waals surface area contributed by atoms with Crippen LogP contribution < -0.4 is 11.1 Å². The molecule has 148 valence electrons. The summed E-state index contributed by atoms with van der Waals surface area (Å²) in [7, 11) is -3.26. The molecule has 7 nitrogen and oxygen atoms in total. The number of hydrogen-bond acceptors (Lipinski definition) is 5. The minimum atomic E-state index is -3.26. The van der Waals surface area contributed by atoms with Gasteiger partial charge in [-0.25, -0.2) is 13.4 Å². The van der Waals surface area contributed by atoms with Gasteiger partial charge in [-0.05, 0) is 30.9 Å². The largest absolute Gasteiger partial charge is 0.350 e. The van der Waals surface area contributed by atoms with E-state index in [2.05, 4.69) is 10.3 Å². The van der Waals surface area contributed by atoms with Gasteiger partial charge in [-0.1, -0.05) is 31.4 Å². The number of fused-ring (bicyclic) bond motifs is 1. The van der Waals surface area contributed by atoms with Crippen molar-refractivity contribution in [1.29, 1.82) is 0 Å². The van der Waals surface area contributed by atoms with Crippen LogP contribution in [0.4, 0.5) is 0 Å². The Hall–Kier alpha value is -1.93. The zero-order chi connectivity index (χ0) is 19.4. The molecular weight excluding hydrogens is 364 g/mol. The summed E-state index contributed by atoms with van der Waals surface area (Å²) in [5, 5.41) is 3.07. The van der Waals surface area contributed by atoms with Gasteiger partial charge in [0.15, 0.2) is 9.84 Å². The summed E-state index contributed by atoms with van der Waals surface area (Å²) in [5.41, 5.74) is 7.36. The van der Waals surface area contributed by atoms with Crippen LogP contribution in [-0.2, 0) is 26.9 Å². The zero-order valence-corrected chi connectivity index (χ0v) is 16.5. The van der Waals surface area contributed by atoms with Gasteiger partial charge in [0.2, 0.25) is 5.91 Å². The summed E-state index contributed by atoms with van der Waals surface area (Å²) in [4.78, 5) is 17.1. The van der Waals surface area contributed by atoms with E-state index in [0.717, 1.165) is 18.4 Å². The number of amides is 1. The Morgan fingerprint density at radius 1 is 1.30 bits per heavy atom. The maximum absolute atomic E-state index is 12.7. The fourth-order valence-corrected chi connectivity index (χ4v) is 4.64. The van der Waals surface area contributed by atoms with E-state index >= 15 is 0 Å². The Morgan fingerprint density at radius 3 is 2.67 bits per heavy atom. The Labute approximate surface area is 160 Å². The topological polar surface area (TPSA) is 107 Å². The number of sulfone groups is 1. The van der Waals surface area contributed by atoms with Crippen molar-refractivity contribution in [1.82, 2.24) is 14.9 Å². The molecule has 1 atom stereocenters. The van der Waals surface area contributed by atoms with Crippen LogP contribution in [0.2, 0.25) is 0 Å².